The number of halogens is 2. The first-order valence-corrected chi connectivity index (χ1v) is 13.7. The highest BCUT2D eigenvalue weighted by molar-refractivity contribution is 6.01. The van der Waals surface area contributed by atoms with Crippen LogP contribution in [-0.2, 0) is 24.5 Å². The minimum atomic E-state index is -3.78. The Balaban J connectivity index is 1.18. The van der Waals surface area contributed by atoms with Crippen molar-refractivity contribution in [1.29, 1.82) is 0 Å². The van der Waals surface area contributed by atoms with Gasteiger partial charge in [-0.25, -0.2) is 14.6 Å². The first-order chi connectivity index (χ1) is 21.3. The normalized spacial score (nSPS) is 25.7. The van der Waals surface area contributed by atoms with Crippen LogP contribution in [0.25, 0.3) is 11.3 Å². The molecule has 3 aromatic rings. The largest absolute Gasteiger partial charge is 0.586 e. The number of nitrogens with one attached hydrogen (secondary N) is 1. The molecule has 1 aliphatic carbocycles. The maximum atomic E-state index is 13.5. The summed E-state index contributed by atoms with van der Waals surface area (Å²) in [6, 6.07) is 13.5. The molecule has 15 heteroatoms. The van der Waals surface area contributed by atoms with E-state index in [2.05, 4.69) is 19.8 Å². The molecule has 5 atom stereocenters. The number of carboxylic acid groups (broad SMARTS) is 1. The number of benzene rings is 2. The maximum absolute atomic E-state index is 13.5. The maximum Gasteiger partial charge on any atom is 0.586 e. The molecule has 1 saturated heterocycles. The lowest BCUT2D eigenvalue weighted by Gasteiger charge is -2.37. The van der Waals surface area contributed by atoms with Gasteiger partial charge in [-0.05, 0) is 61.2 Å². The van der Waals surface area contributed by atoms with E-state index in [0.717, 1.165) is 0 Å². The number of aliphatic hydroxyl groups excluding tert-OH is 3. The highest BCUT2D eigenvalue weighted by atomic mass is 19.3. The third kappa shape index (κ3) is 5.66. The molecule has 1 unspecified atom stereocenters. The molecule has 236 valence electrons. The van der Waals surface area contributed by atoms with E-state index in [1.165, 1.54) is 36.4 Å². The Bertz CT molecular complexity index is 1700. The number of pyridine rings is 1. The Labute approximate surface area is 252 Å². The number of hydrogen-bond donors (Lipinski definition) is 5. The van der Waals surface area contributed by atoms with Crippen LogP contribution < -0.4 is 14.8 Å². The second kappa shape index (κ2) is 11.0. The van der Waals surface area contributed by atoms with Gasteiger partial charge in [0.2, 0.25) is 12.2 Å². The topological polar surface area (TPSA) is 194 Å². The number of ether oxygens (including phenoxy) is 4. The van der Waals surface area contributed by atoms with Gasteiger partial charge in [0, 0.05) is 5.56 Å². The van der Waals surface area contributed by atoms with E-state index in [0.29, 0.717) is 35.2 Å². The van der Waals surface area contributed by atoms with Crippen molar-refractivity contribution < 1.29 is 62.5 Å². The van der Waals surface area contributed by atoms with Crippen molar-refractivity contribution in [2.75, 3.05) is 5.32 Å². The summed E-state index contributed by atoms with van der Waals surface area (Å²) < 4.78 is 46.1. The van der Waals surface area contributed by atoms with Crippen LogP contribution in [0.5, 0.6) is 11.5 Å². The number of hydrogen-bond acceptors (Lipinski definition) is 11. The smallest absolute Gasteiger partial charge is 0.479 e. The summed E-state index contributed by atoms with van der Waals surface area (Å²) in [6.07, 6.45) is -12.5. The summed E-state index contributed by atoms with van der Waals surface area (Å²) in [5.41, 5.74) is 1.01. The zero-order valence-corrected chi connectivity index (χ0v) is 23.3. The van der Waals surface area contributed by atoms with E-state index < -0.39 is 60.3 Å². The SMILES string of the molecule is Cc1ccc(NC(=O)C2(c3ccc4c(c3)OC(F)(F)O4)CC2)nc1-c1cccc(C(=O)OC2O[C@@H](C(=O)O)[C@H](O)[C@@H](O)[C@@H]2O)c1. The average molecular weight is 629 g/mol. The lowest BCUT2D eigenvalue weighted by Crippen LogP contribution is -2.60. The van der Waals surface area contributed by atoms with E-state index >= 15 is 0 Å². The van der Waals surface area contributed by atoms with Crippen molar-refractivity contribution in [3.63, 3.8) is 0 Å². The third-order valence-electron chi connectivity index (χ3n) is 7.88. The summed E-state index contributed by atoms with van der Waals surface area (Å²) >= 11 is 0. The van der Waals surface area contributed by atoms with Gasteiger partial charge in [-0.15, -0.1) is 8.78 Å². The molecule has 0 radical (unpaired) electrons. The van der Waals surface area contributed by atoms with E-state index in [9.17, 15) is 43.6 Å². The lowest BCUT2D eigenvalue weighted by molar-refractivity contribution is -0.286. The molecule has 3 aliphatic rings. The highest BCUT2D eigenvalue weighted by Gasteiger charge is 2.53. The fourth-order valence-corrected chi connectivity index (χ4v) is 5.26. The van der Waals surface area contributed by atoms with Gasteiger partial charge < -0.3 is 44.7 Å². The first-order valence-electron chi connectivity index (χ1n) is 13.7. The van der Waals surface area contributed by atoms with Crippen molar-refractivity contribution in [2.24, 2.45) is 0 Å². The minimum absolute atomic E-state index is 0.0308. The first kappa shape index (κ1) is 30.3. The molecule has 1 saturated carbocycles. The van der Waals surface area contributed by atoms with Gasteiger partial charge in [0.15, 0.2) is 17.6 Å². The predicted molar refractivity (Wildman–Crippen MR) is 146 cm³/mol. The molecule has 3 heterocycles. The molecule has 45 heavy (non-hydrogen) atoms. The van der Waals surface area contributed by atoms with E-state index in [1.54, 1.807) is 25.1 Å². The van der Waals surface area contributed by atoms with Crippen molar-refractivity contribution in [2.45, 2.75) is 62.2 Å². The van der Waals surface area contributed by atoms with Crippen LogP contribution in [0.3, 0.4) is 0 Å². The van der Waals surface area contributed by atoms with Gasteiger partial charge in [-0.1, -0.05) is 24.3 Å². The van der Waals surface area contributed by atoms with Gasteiger partial charge in [0.1, 0.15) is 24.1 Å². The van der Waals surface area contributed by atoms with Gasteiger partial charge in [0.05, 0.1) is 16.7 Å². The quantitative estimate of drug-likeness (QED) is 0.240. The molecule has 1 amide bonds. The van der Waals surface area contributed by atoms with Crippen LogP contribution in [0.1, 0.15) is 34.3 Å². The van der Waals surface area contributed by atoms with Crippen molar-refractivity contribution in [3.05, 3.63) is 71.3 Å². The number of anilines is 1. The summed E-state index contributed by atoms with van der Waals surface area (Å²) in [4.78, 5) is 42.2. The van der Waals surface area contributed by atoms with Gasteiger partial charge in [0.25, 0.3) is 0 Å². The van der Waals surface area contributed by atoms with Crippen molar-refractivity contribution >= 4 is 23.7 Å². The molecular formula is C30H26F2N2O11. The standard InChI is InChI=1S/C30H26F2N2O11/c1-13-5-8-19(34-28(41)29(9-10-29)16-6-7-17-18(12-16)45-30(31,32)44-17)33-20(13)14-3-2-4-15(11-14)26(40)43-27-23(37)21(35)22(36)24(42-27)25(38)39/h2-8,11-12,21-24,27,35-37H,9-10H2,1H3,(H,38,39)(H,33,34,41)/t21-,22-,23+,24-,27?/m1/s1. The van der Waals surface area contributed by atoms with Crippen LogP contribution in [0.4, 0.5) is 14.6 Å². The Morgan fingerprint density at radius 2 is 1.69 bits per heavy atom. The molecule has 5 N–H and O–H groups in total. The van der Waals surface area contributed by atoms with E-state index in [4.69, 9.17) is 9.47 Å². The fourth-order valence-electron chi connectivity index (χ4n) is 5.26. The van der Waals surface area contributed by atoms with Crippen LogP contribution in [-0.4, -0.2) is 80.3 Å². The van der Waals surface area contributed by atoms with Gasteiger partial charge >= 0.3 is 18.2 Å². The number of aromatic nitrogens is 1. The average Bonchev–Trinajstić information content (AvgIpc) is 3.75. The number of carboxylic acids is 1. The van der Waals surface area contributed by atoms with E-state index in [1.807, 2.05) is 0 Å². The van der Waals surface area contributed by atoms with Gasteiger partial charge in [-0.3, -0.25) is 4.79 Å². The van der Waals surface area contributed by atoms with Crippen molar-refractivity contribution in [3.8, 4) is 22.8 Å². The molecule has 6 rings (SSSR count). The number of amides is 1. The monoisotopic (exact) mass is 628 g/mol. The Hall–Kier alpha value is -4.70. The number of nitrogens with zero attached hydrogens (tertiary/aromatic N) is 1. The zero-order chi connectivity index (χ0) is 32.3. The number of aliphatic carboxylic acids is 1. The van der Waals surface area contributed by atoms with Gasteiger partial charge in [-0.2, -0.15) is 0 Å². The Morgan fingerprint density at radius 1 is 0.956 bits per heavy atom. The molecular weight excluding hydrogens is 602 g/mol. The van der Waals surface area contributed by atoms with Crippen LogP contribution in [0, 0.1) is 6.92 Å². The minimum Gasteiger partial charge on any atom is -0.479 e. The lowest BCUT2D eigenvalue weighted by atomic mass is 9.94. The summed E-state index contributed by atoms with van der Waals surface area (Å²) in [6.45, 7) is 1.76. The summed E-state index contributed by atoms with van der Waals surface area (Å²) in [5, 5.41) is 42.0. The molecule has 1 aromatic heterocycles. The number of aliphatic hydroxyl groups is 3. The highest BCUT2D eigenvalue weighted by Crippen LogP contribution is 2.52. The molecule has 13 nitrogen and oxygen atoms in total. The predicted octanol–water partition coefficient (Wildman–Crippen LogP) is 2.10. The molecule has 2 aliphatic heterocycles. The Kier molecular flexibility index (Phi) is 7.43. The fraction of sp³-hybridized carbons (Fsp3) is 0.333. The zero-order valence-electron chi connectivity index (χ0n) is 23.3. The van der Waals surface area contributed by atoms with E-state index in [-0.39, 0.29) is 22.9 Å². The number of fused-ring (bicyclic) bond motifs is 1. The number of carbonyl (C=O) groups excluding carboxylic acids is 2. The number of esters is 1. The number of alkyl halides is 2. The second-order valence-corrected chi connectivity index (χ2v) is 10.9. The summed E-state index contributed by atoms with van der Waals surface area (Å²) in [7, 11) is 0. The number of aryl methyl sites for hydroxylation is 1. The number of carbonyl (C=O) groups is 3. The second-order valence-electron chi connectivity index (χ2n) is 10.9. The van der Waals surface area contributed by atoms with Crippen LogP contribution in [0.15, 0.2) is 54.6 Å². The van der Waals surface area contributed by atoms with Crippen molar-refractivity contribution in [1.82, 2.24) is 4.98 Å². The van der Waals surface area contributed by atoms with Crippen LogP contribution in [0.2, 0.25) is 0 Å². The number of rotatable bonds is 7. The van der Waals surface area contributed by atoms with Crippen LogP contribution >= 0.6 is 0 Å². The molecule has 2 aromatic carbocycles. The molecule has 0 bridgehead atoms. The molecule has 0 spiro atoms. The Morgan fingerprint density at radius 3 is 2.40 bits per heavy atom. The third-order valence-corrected chi connectivity index (χ3v) is 7.88. The summed E-state index contributed by atoms with van der Waals surface area (Å²) in [5.74, 6) is -3.14. The molecule has 2 fully saturated rings.